The van der Waals surface area contributed by atoms with Crippen LogP contribution in [0.4, 0.5) is 5.69 Å². The molecule has 0 spiro atoms. The van der Waals surface area contributed by atoms with E-state index < -0.39 is 0 Å². The average Bonchev–Trinajstić information content (AvgIpc) is 2.44. The van der Waals surface area contributed by atoms with Crippen LogP contribution in [0.5, 0.6) is 0 Å². The van der Waals surface area contributed by atoms with Gasteiger partial charge < -0.3 is 15.3 Å². The van der Waals surface area contributed by atoms with Crippen molar-refractivity contribution in [1.82, 2.24) is 5.32 Å². The molecule has 0 aliphatic heterocycles. The lowest BCUT2D eigenvalue weighted by atomic mass is 10.0. The zero-order valence-corrected chi connectivity index (χ0v) is 13.1. The van der Waals surface area contributed by atoms with Crippen LogP contribution in [0.15, 0.2) is 24.3 Å². The van der Waals surface area contributed by atoms with Gasteiger partial charge in [0.25, 0.3) is 5.91 Å². The molecule has 1 atom stereocenters. The summed E-state index contributed by atoms with van der Waals surface area (Å²) in [6, 6.07) is 6.65. The van der Waals surface area contributed by atoms with Gasteiger partial charge in [-0.05, 0) is 24.5 Å². The van der Waals surface area contributed by atoms with Crippen LogP contribution in [-0.4, -0.2) is 36.6 Å². The van der Waals surface area contributed by atoms with E-state index in [1.165, 1.54) is 11.8 Å². The smallest absolute Gasteiger partial charge is 0.253 e. The summed E-state index contributed by atoms with van der Waals surface area (Å²) in [6.07, 6.45) is 0.701. The fourth-order valence-corrected chi connectivity index (χ4v) is 2.14. The number of rotatable bonds is 6. The van der Waals surface area contributed by atoms with Crippen LogP contribution in [0.2, 0.25) is 0 Å². The number of anilines is 1. The molecule has 0 heterocycles. The minimum absolute atomic E-state index is 0.103. The topological polar surface area (TPSA) is 69.6 Å². The SMILES string of the molecule is CC(=O)N(C)c1ccccc1C(=O)NC(CO)CC(C)C. The van der Waals surface area contributed by atoms with Crippen molar-refractivity contribution in [2.24, 2.45) is 5.92 Å². The Labute approximate surface area is 126 Å². The molecular weight excluding hydrogens is 268 g/mol. The minimum Gasteiger partial charge on any atom is -0.394 e. The van der Waals surface area contributed by atoms with Crippen molar-refractivity contribution in [2.75, 3.05) is 18.6 Å². The number of aliphatic hydroxyl groups is 1. The Bertz CT molecular complexity index is 500. The van der Waals surface area contributed by atoms with Gasteiger partial charge in [-0.15, -0.1) is 0 Å². The molecule has 2 N–H and O–H groups in total. The van der Waals surface area contributed by atoms with Crippen LogP contribution >= 0.6 is 0 Å². The molecule has 0 aliphatic carbocycles. The Kier molecular flexibility index (Phi) is 6.37. The third-order valence-corrected chi connectivity index (χ3v) is 3.29. The van der Waals surface area contributed by atoms with Crippen LogP contribution in [0.3, 0.4) is 0 Å². The fourth-order valence-electron chi connectivity index (χ4n) is 2.14. The van der Waals surface area contributed by atoms with Gasteiger partial charge in [0.2, 0.25) is 5.91 Å². The molecule has 5 heteroatoms. The van der Waals surface area contributed by atoms with Crippen molar-refractivity contribution >= 4 is 17.5 Å². The van der Waals surface area contributed by atoms with E-state index in [0.29, 0.717) is 23.6 Å². The molecule has 116 valence electrons. The number of nitrogens with one attached hydrogen (secondary N) is 1. The van der Waals surface area contributed by atoms with E-state index in [4.69, 9.17) is 0 Å². The summed E-state index contributed by atoms with van der Waals surface area (Å²) in [4.78, 5) is 25.3. The van der Waals surface area contributed by atoms with Gasteiger partial charge in [0.15, 0.2) is 0 Å². The summed E-state index contributed by atoms with van der Waals surface area (Å²) < 4.78 is 0. The number of para-hydroxylation sites is 1. The average molecular weight is 292 g/mol. The Hall–Kier alpha value is -1.88. The van der Waals surface area contributed by atoms with E-state index in [2.05, 4.69) is 5.32 Å². The molecule has 0 bridgehead atoms. The molecule has 0 saturated heterocycles. The first-order chi connectivity index (χ1) is 9.86. The summed E-state index contributed by atoms with van der Waals surface area (Å²) in [5, 5.41) is 12.2. The predicted octanol–water partition coefficient (Wildman–Crippen LogP) is 1.81. The van der Waals surface area contributed by atoms with Gasteiger partial charge >= 0.3 is 0 Å². The van der Waals surface area contributed by atoms with Gasteiger partial charge in [-0.2, -0.15) is 0 Å². The lowest BCUT2D eigenvalue weighted by Crippen LogP contribution is -2.39. The Balaban J connectivity index is 2.94. The number of carbonyl (C=O) groups excluding carboxylic acids is 2. The molecule has 21 heavy (non-hydrogen) atoms. The molecule has 1 unspecified atom stereocenters. The summed E-state index contributed by atoms with van der Waals surface area (Å²) in [5.41, 5.74) is 0.987. The number of benzene rings is 1. The number of carbonyl (C=O) groups is 2. The second-order valence-corrected chi connectivity index (χ2v) is 5.58. The molecule has 1 aromatic rings. The maximum atomic E-state index is 12.4. The van der Waals surface area contributed by atoms with Crippen molar-refractivity contribution < 1.29 is 14.7 Å². The number of nitrogens with zero attached hydrogens (tertiary/aromatic N) is 1. The first-order valence-electron chi connectivity index (χ1n) is 7.11. The summed E-state index contributed by atoms with van der Waals surface area (Å²) in [6.45, 7) is 5.41. The second kappa shape index (κ2) is 7.78. The second-order valence-electron chi connectivity index (χ2n) is 5.58. The van der Waals surface area contributed by atoms with Crippen LogP contribution in [0, 0.1) is 5.92 Å². The van der Waals surface area contributed by atoms with E-state index >= 15 is 0 Å². The van der Waals surface area contributed by atoms with Crippen LogP contribution in [-0.2, 0) is 4.79 Å². The van der Waals surface area contributed by atoms with E-state index in [9.17, 15) is 14.7 Å². The highest BCUT2D eigenvalue weighted by atomic mass is 16.3. The Morgan fingerprint density at radius 1 is 1.29 bits per heavy atom. The van der Waals surface area contributed by atoms with E-state index in [1.54, 1.807) is 31.3 Å². The first-order valence-corrected chi connectivity index (χ1v) is 7.11. The quantitative estimate of drug-likeness (QED) is 0.840. The van der Waals surface area contributed by atoms with Gasteiger partial charge in [-0.25, -0.2) is 0 Å². The summed E-state index contributed by atoms with van der Waals surface area (Å²) >= 11 is 0. The third-order valence-electron chi connectivity index (χ3n) is 3.29. The van der Waals surface area contributed by atoms with Crippen molar-refractivity contribution in [3.8, 4) is 0 Å². The molecule has 1 rings (SSSR count). The van der Waals surface area contributed by atoms with Crippen LogP contribution in [0.1, 0.15) is 37.6 Å². The Morgan fingerprint density at radius 3 is 2.43 bits per heavy atom. The van der Waals surface area contributed by atoms with E-state index in [0.717, 1.165) is 0 Å². The van der Waals surface area contributed by atoms with Gasteiger partial charge in [-0.1, -0.05) is 26.0 Å². The maximum Gasteiger partial charge on any atom is 0.253 e. The van der Waals surface area contributed by atoms with Crippen LogP contribution < -0.4 is 10.2 Å². The minimum atomic E-state index is -0.284. The molecule has 5 nitrogen and oxygen atoms in total. The molecule has 0 saturated carbocycles. The number of amides is 2. The highest BCUT2D eigenvalue weighted by molar-refractivity contribution is 6.04. The van der Waals surface area contributed by atoms with Crippen molar-refractivity contribution in [3.05, 3.63) is 29.8 Å². The van der Waals surface area contributed by atoms with Gasteiger partial charge in [0, 0.05) is 14.0 Å². The predicted molar refractivity (Wildman–Crippen MR) is 83.3 cm³/mol. The standard InChI is InChI=1S/C16H24N2O3/c1-11(2)9-13(10-19)17-16(21)14-7-5-6-8-15(14)18(4)12(3)20/h5-8,11,13,19H,9-10H2,1-4H3,(H,17,21). The summed E-state index contributed by atoms with van der Waals surface area (Å²) in [5.74, 6) is -0.0490. The largest absolute Gasteiger partial charge is 0.394 e. The number of hydrogen-bond acceptors (Lipinski definition) is 3. The highest BCUT2D eigenvalue weighted by Gasteiger charge is 2.19. The molecule has 1 aromatic carbocycles. The lowest BCUT2D eigenvalue weighted by Gasteiger charge is -2.22. The fraction of sp³-hybridized carbons (Fsp3) is 0.500. The molecule has 0 fully saturated rings. The molecule has 0 aromatic heterocycles. The van der Waals surface area contributed by atoms with Crippen molar-refractivity contribution in [3.63, 3.8) is 0 Å². The van der Waals surface area contributed by atoms with Crippen molar-refractivity contribution in [1.29, 1.82) is 0 Å². The monoisotopic (exact) mass is 292 g/mol. The summed E-state index contributed by atoms with van der Waals surface area (Å²) in [7, 11) is 1.63. The molecule has 2 amide bonds. The van der Waals surface area contributed by atoms with E-state index in [-0.39, 0.29) is 24.5 Å². The third kappa shape index (κ3) is 4.86. The molecule has 0 radical (unpaired) electrons. The van der Waals surface area contributed by atoms with Gasteiger partial charge in [-0.3, -0.25) is 9.59 Å². The maximum absolute atomic E-state index is 12.4. The first kappa shape index (κ1) is 17.2. The highest BCUT2D eigenvalue weighted by Crippen LogP contribution is 2.19. The van der Waals surface area contributed by atoms with Crippen LogP contribution in [0.25, 0.3) is 0 Å². The zero-order valence-electron chi connectivity index (χ0n) is 13.1. The van der Waals surface area contributed by atoms with Crippen molar-refractivity contribution in [2.45, 2.75) is 33.2 Å². The number of aliphatic hydroxyl groups excluding tert-OH is 1. The normalized spacial score (nSPS) is 12.1. The number of hydrogen-bond donors (Lipinski definition) is 2. The van der Waals surface area contributed by atoms with Gasteiger partial charge in [0.05, 0.1) is 23.9 Å². The lowest BCUT2D eigenvalue weighted by molar-refractivity contribution is -0.116. The van der Waals surface area contributed by atoms with E-state index in [1.807, 2.05) is 13.8 Å². The molecular formula is C16H24N2O3. The molecule has 0 aliphatic rings. The van der Waals surface area contributed by atoms with Gasteiger partial charge in [0.1, 0.15) is 0 Å². The Morgan fingerprint density at radius 2 is 1.90 bits per heavy atom. The zero-order chi connectivity index (χ0) is 16.0.